The molecule has 0 spiro atoms. The van der Waals surface area contributed by atoms with E-state index < -0.39 is 52.9 Å². The van der Waals surface area contributed by atoms with Gasteiger partial charge in [0.25, 0.3) is 11.8 Å². The second kappa shape index (κ2) is 34.6. The number of carbonyl (C=O) groups excluding carboxylic acids is 6. The third kappa shape index (κ3) is 20.1. The lowest BCUT2D eigenvalue weighted by Gasteiger charge is -2.37. The van der Waals surface area contributed by atoms with Crippen LogP contribution in [0.4, 0.5) is 54.4 Å². The van der Waals surface area contributed by atoms with Crippen LogP contribution in [-0.4, -0.2) is 186 Å². The number of rotatable bonds is 16. The van der Waals surface area contributed by atoms with Gasteiger partial charge in [0.1, 0.15) is 17.0 Å². The van der Waals surface area contributed by atoms with E-state index >= 15 is 0 Å². The standard InChI is InChI=1S/C45H51F3N8O5.C38H41F3N8O2/c1-28(2)55-20-18-54(19-21-55)27-33-14-15-34(24-36(33)45(46,47)48)50-39(58)23-31-11-9-10-30(22-31)12-13-32-26-49-42(52(7)29(3)57)51-40(32)38-25-35-37(53(38)8)16-17-56(41(35)59)43(60)61-44(4,5)6;1-24(2)49-16-14-48(15-17-49)23-28-10-11-29(20-31(28)38(39,40)41)45-34(50)19-26-7-5-6-25(18-26)8-9-27-22-44-37(42-3)46-35(27)33-21-30-32(47(33)4)12-13-43-36(30)51/h9-11,14-15,22,24-26,28H,16-21,23,27H2,1-8H3,(H,50,58);5-7,10-11,18,20-22,24H,12-17,19,23H2,1-4H3,(H,43,51)(H,45,50)(H,42,44,46). The summed E-state index contributed by atoms with van der Waals surface area (Å²) < 4.78 is 94.4. The zero-order valence-electron chi connectivity index (χ0n) is 64.9. The highest BCUT2D eigenvalue weighted by Gasteiger charge is 2.39. The number of piperazine rings is 2. The van der Waals surface area contributed by atoms with Crippen molar-refractivity contribution >= 4 is 58.9 Å². The number of alkyl halides is 6. The minimum Gasteiger partial charge on any atom is -0.443 e. The summed E-state index contributed by atoms with van der Waals surface area (Å²) in [5, 5.41) is 11.1. The fourth-order valence-corrected chi connectivity index (χ4v) is 13.9. The van der Waals surface area contributed by atoms with Gasteiger partial charge in [-0.25, -0.2) is 29.6 Å². The summed E-state index contributed by atoms with van der Waals surface area (Å²) in [5.41, 5.74) is 6.18. The fraction of sp³-hybridized carbons (Fsp3) is 0.398. The molecule has 0 saturated carbocycles. The van der Waals surface area contributed by atoms with E-state index in [1.54, 1.807) is 95.7 Å². The number of ether oxygens (including phenoxy) is 1. The van der Waals surface area contributed by atoms with E-state index in [4.69, 9.17) is 9.72 Å². The Bertz CT molecular complexity index is 5020. The predicted octanol–water partition coefficient (Wildman–Crippen LogP) is 11.5. The second-order valence-electron chi connectivity index (χ2n) is 29.7. The number of imide groups is 1. The fourth-order valence-electron chi connectivity index (χ4n) is 13.9. The minimum atomic E-state index is -4.60. The van der Waals surface area contributed by atoms with Gasteiger partial charge in [-0.1, -0.05) is 60.1 Å². The van der Waals surface area contributed by atoms with Crippen LogP contribution < -0.4 is 26.2 Å². The number of nitrogens with zero attached hydrogens (tertiary/aromatic N) is 12. The third-order valence-electron chi connectivity index (χ3n) is 20.0. The maximum atomic E-state index is 14.2. The molecule has 2 saturated heterocycles. The molecule has 112 heavy (non-hydrogen) atoms. The van der Waals surface area contributed by atoms with Crippen molar-refractivity contribution in [1.29, 1.82) is 0 Å². The first-order valence-electron chi connectivity index (χ1n) is 37.1. The third-order valence-corrected chi connectivity index (χ3v) is 20.0. The largest absolute Gasteiger partial charge is 0.443 e. The first-order valence-corrected chi connectivity index (χ1v) is 37.1. The highest BCUT2D eigenvalue weighted by molar-refractivity contribution is 6.06. The molecule has 0 atom stereocenters. The van der Waals surface area contributed by atoms with Crippen molar-refractivity contribution in [2.45, 2.75) is 124 Å². The van der Waals surface area contributed by atoms with Crippen molar-refractivity contribution in [3.63, 3.8) is 0 Å². The summed E-state index contributed by atoms with van der Waals surface area (Å²) in [4.78, 5) is 107. The number of fused-ring (bicyclic) bond motifs is 2. The topological polar surface area (TPSA) is 241 Å². The van der Waals surface area contributed by atoms with Crippen LogP contribution in [0.25, 0.3) is 22.8 Å². The molecule has 4 aliphatic heterocycles. The Morgan fingerprint density at radius 1 is 0.598 bits per heavy atom. The molecule has 0 bridgehead atoms. The summed E-state index contributed by atoms with van der Waals surface area (Å²) in [6, 6.07) is 26.2. The molecule has 4 aromatic carbocycles. The Hall–Kier alpha value is -11.2. The predicted molar refractivity (Wildman–Crippen MR) is 415 cm³/mol. The SMILES string of the molecule is CC(=O)N(C)c1ncc(C#Cc2cccc(CC(=O)Nc3ccc(CN4CCN(C(C)C)CC4)c(C(F)(F)F)c3)c2)c(-c2cc3c(n2C)CCN(C(=O)OC(C)(C)C)C3=O)n1.CNc1ncc(C#Cc2cccc(CC(=O)Nc3ccc(CN4CCN(C(C)C)CC4)c(C(F)(F)F)c3)c2)c(-c2cc3c(n2C)CCNC3=O)n1. The van der Waals surface area contributed by atoms with Gasteiger partial charge in [-0.2, -0.15) is 26.3 Å². The van der Waals surface area contributed by atoms with E-state index in [9.17, 15) is 55.1 Å². The molecule has 0 unspecified atom stereocenters. The van der Waals surface area contributed by atoms with Crippen LogP contribution in [0.3, 0.4) is 0 Å². The lowest BCUT2D eigenvalue weighted by Crippen LogP contribution is -2.48. The van der Waals surface area contributed by atoms with Crippen molar-refractivity contribution < 1.29 is 59.8 Å². The van der Waals surface area contributed by atoms with Gasteiger partial charge in [-0.05, 0) is 131 Å². The second-order valence-corrected chi connectivity index (χ2v) is 29.7. The summed E-state index contributed by atoms with van der Waals surface area (Å²) in [6.45, 7) is 22.0. The Morgan fingerprint density at radius 3 is 1.53 bits per heavy atom. The monoisotopic (exact) mass is 1540 g/mol. The van der Waals surface area contributed by atoms with Gasteiger partial charge in [0.15, 0.2) is 0 Å². The number of nitrogens with one attached hydrogen (secondary N) is 4. The van der Waals surface area contributed by atoms with Crippen LogP contribution in [0.1, 0.15) is 143 Å². The lowest BCUT2D eigenvalue weighted by atomic mass is 10.0. The van der Waals surface area contributed by atoms with E-state index in [1.807, 2.05) is 32.0 Å². The van der Waals surface area contributed by atoms with E-state index in [-0.39, 0.29) is 72.7 Å². The van der Waals surface area contributed by atoms with Crippen molar-refractivity contribution in [3.8, 4) is 46.5 Å². The van der Waals surface area contributed by atoms with Gasteiger partial charge in [0.2, 0.25) is 29.6 Å². The summed E-state index contributed by atoms with van der Waals surface area (Å²) in [5.74, 6) is 11.1. The van der Waals surface area contributed by atoms with Crippen LogP contribution in [0.15, 0.2) is 109 Å². The first-order chi connectivity index (χ1) is 53.1. The molecule has 4 aromatic heterocycles. The molecular formula is C83H92F6N16O7. The molecule has 8 heterocycles. The van der Waals surface area contributed by atoms with Gasteiger partial charge in [0.05, 0.1) is 57.6 Å². The number of anilines is 4. The van der Waals surface area contributed by atoms with Crippen molar-refractivity contribution in [1.82, 2.24) is 58.9 Å². The number of benzene rings is 4. The van der Waals surface area contributed by atoms with E-state index in [0.29, 0.717) is 131 Å². The van der Waals surface area contributed by atoms with Gasteiger partial charge in [-0.15, -0.1) is 0 Å². The average Bonchev–Trinajstić information content (AvgIpc) is 1.60. The van der Waals surface area contributed by atoms with Crippen molar-refractivity contribution in [2.24, 2.45) is 14.1 Å². The average molecular weight is 1540 g/mol. The molecular weight excluding hydrogens is 1450 g/mol. The molecule has 0 radical (unpaired) electrons. The number of carbonyl (C=O) groups is 6. The van der Waals surface area contributed by atoms with Gasteiger partial charge < -0.3 is 35.1 Å². The van der Waals surface area contributed by atoms with Crippen LogP contribution in [-0.2, 0) is 84.3 Å². The zero-order chi connectivity index (χ0) is 80.7. The Morgan fingerprint density at radius 2 is 1.07 bits per heavy atom. The van der Waals surface area contributed by atoms with E-state index in [0.717, 1.165) is 54.6 Å². The van der Waals surface area contributed by atoms with Crippen molar-refractivity contribution in [3.05, 3.63) is 188 Å². The molecule has 29 heteroatoms. The minimum absolute atomic E-state index is 0.0506. The molecule has 12 rings (SSSR count). The smallest absolute Gasteiger partial charge is 0.417 e. The molecule has 0 aliphatic carbocycles. The lowest BCUT2D eigenvalue weighted by molar-refractivity contribution is -0.139. The van der Waals surface area contributed by atoms with Crippen LogP contribution >= 0.6 is 0 Å². The van der Waals surface area contributed by atoms with Gasteiger partial charge >= 0.3 is 18.4 Å². The van der Waals surface area contributed by atoms with Crippen LogP contribution in [0.5, 0.6) is 0 Å². The van der Waals surface area contributed by atoms with Crippen molar-refractivity contribution in [2.75, 3.05) is 100 Å². The number of halogens is 6. The quantitative estimate of drug-likeness (QED) is 0.0519. The molecule has 6 amide bonds. The molecule has 2 fully saturated rings. The Labute approximate surface area is 647 Å². The first kappa shape index (κ1) is 81.7. The maximum Gasteiger partial charge on any atom is 0.417 e. The van der Waals surface area contributed by atoms with Crippen LogP contribution in [0, 0.1) is 23.7 Å². The molecule has 4 N–H and O–H groups in total. The van der Waals surface area contributed by atoms with Gasteiger partial charge in [0, 0.05) is 185 Å². The Balaban J connectivity index is 0.000000225. The zero-order valence-corrected chi connectivity index (χ0v) is 64.9. The van der Waals surface area contributed by atoms with E-state index in [2.05, 4.69) is 97.4 Å². The van der Waals surface area contributed by atoms with Crippen LogP contribution in [0.2, 0.25) is 0 Å². The number of amides is 6. The highest BCUT2D eigenvalue weighted by Crippen LogP contribution is 2.38. The number of hydrogen-bond donors (Lipinski definition) is 4. The highest BCUT2D eigenvalue weighted by atomic mass is 19.4. The summed E-state index contributed by atoms with van der Waals surface area (Å²) in [7, 11) is 6.93. The summed E-state index contributed by atoms with van der Waals surface area (Å²) >= 11 is 0. The summed E-state index contributed by atoms with van der Waals surface area (Å²) in [6.07, 6.45) is -5.90. The number of aromatic nitrogens is 6. The molecule has 23 nitrogen and oxygen atoms in total. The molecule has 8 aromatic rings. The molecule has 588 valence electrons. The van der Waals surface area contributed by atoms with Gasteiger partial charge in [-0.3, -0.25) is 48.5 Å². The Kier molecular flexibility index (Phi) is 25.2. The van der Waals surface area contributed by atoms with E-state index in [1.165, 1.54) is 49.3 Å². The number of hydrogen-bond acceptors (Lipinski definition) is 16. The molecule has 4 aliphatic rings. The normalized spacial score (nSPS) is 15.1. The maximum absolute atomic E-state index is 14.2.